The summed E-state index contributed by atoms with van der Waals surface area (Å²) in [5.74, 6) is 1.43. The third-order valence-corrected chi connectivity index (χ3v) is 9.66. The molecule has 2 saturated carbocycles. The number of halogens is 1. The molecule has 6 atom stereocenters. The SMILES string of the molecule is COC1CCC2C(C1)CC1C2C2(CCN(C(=O)Nc3ccccc3F)CC2)CN(C(C)=O)[C@H]1CO. The first-order chi connectivity index (χ1) is 16.9. The smallest absolute Gasteiger partial charge is 0.321 e. The summed E-state index contributed by atoms with van der Waals surface area (Å²) in [5.41, 5.74) is 0.133. The van der Waals surface area contributed by atoms with Crippen LogP contribution in [0.4, 0.5) is 14.9 Å². The second-order valence-electron chi connectivity index (χ2n) is 11.2. The minimum absolute atomic E-state index is 0.00113. The third-order valence-electron chi connectivity index (χ3n) is 9.66. The van der Waals surface area contributed by atoms with Crippen LogP contribution < -0.4 is 5.32 Å². The van der Waals surface area contributed by atoms with Gasteiger partial charge in [0.1, 0.15) is 5.82 Å². The van der Waals surface area contributed by atoms with Gasteiger partial charge in [0.2, 0.25) is 5.91 Å². The number of aliphatic hydroxyl groups excluding tert-OH is 1. The topological polar surface area (TPSA) is 82.1 Å². The summed E-state index contributed by atoms with van der Waals surface area (Å²) in [5, 5.41) is 13.1. The highest BCUT2D eigenvalue weighted by atomic mass is 19.1. The van der Waals surface area contributed by atoms with E-state index < -0.39 is 5.82 Å². The molecule has 2 saturated heterocycles. The van der Waals surface area contributed by atoms with Gasteiger partial charge in [-0.25, -0.2) is 9.18 Å². The van der Waals surface area contributed by atoms with Gasteiger partial charge in [0, 0.05) is 33.7 Å². The molecule has 2 aliphatic carbocycles. The summed E-state index contributed by atoms with van der Waals surface area (Å²) >= 11 is 0. The van der Waals surface area contributed by atoms with Gasteiger partial charge in [0.25, 0.3) is 0 Å². The number of urea groups is 1. The first-order valence-corrected chi connectivity index (χ1v) is 13.1. The van der Waals surface area contributed by atoms with Crippen LogP contribution in [-0.4, -0.2) is 72.3 Å². The lowest BCUT2D eigenvalue weighted by molar-refractivity contribution is -0.151. The molecular formula is C27H38FN3O4. The van der Waals surface area contributed by atoms with Crippen LogP contribution in [0.3, 0.4) is 0 Å². The molecule has 0 bridgehead atoms. The normalized spacial score (nSPS) is 33.8. The number of anilines is 1. The molecule has 0 radical (unpaired) electrons. The van der Waals surface area contributed by atoms with Crippen LogP contribution in [0.5, 0.6) is 0 Å². The van der Waals surface area contributed by atoms with Crippen molar-refractivity contribution in [2.24, 2.45) is 29.1 Å². The van der Waals surface area contributed by atoms with Crippen LogP contribution in [0.2, 0.25) is 0 Å². The van der Waals surface area contributed by atoms with Gasteiger partial charge in [-0.2, -0.15) is 0 Å². The predicted octanol–water partition coefficient (Wildman–Crippen LogP) is 3.73. The standard InChI is InChI=1S/C27H38FN3O4/c1-17(33)31-16-27(9-11-30(12-10-27)26(34)29-23-6-4-3-5-22(23)28)25-20-8-7-19(35-2)13-18(20)14-21(25)24(31)15-32/h3-6,18-21,24-25,32H,7-16H2,1-2H3,(H,29,34)/t18?,19?,20?,21?,24-,25?/m0/s1. The molecule has 2 heterocycles. The molecule has 5 unspecified atom stereocenters. The van der Waals surface area contributed by atoms with E-state index in [1.807, 2.05) is 4.90 Å². The molecule has 1 spiro atoms. The predicted molar refractivity (Wildman–Crippen MR) is 130 cm³/mol. The first kappa shape index (κ1) is 24.5. The number of piperidine rings is 2. The zero-order chi connectivity index (χ0) is 24.7. The number of benzene rings is 1. The van der Waals surface area contributed by atoms with Crippen molar-refractivity contribution in [2.45, 2.75) is 57.6 Å². The average molecular weight is 488 g/mol. The summed E-state index contributed by atoms with van der Waals surface area (Å²) in [6.07, 6.45) is 6.21. The van der Waals surface area contributed by atoms with Crippen LogP contribution in [0.15, 0.2) is 24.3 Å². The number of nitrogens with zero attached hydrogens (tertiary/aromatic N) is 2. The number of carbonyl (C=O) groups excluding carboxylic acids is 2. The summed E-state index contributed by atoms with van der Waals surface area (Å²) in [6.45, 7) is 3.42. The second-order valence-corrected chi connectivity index (χ2v) is 11.2. The van der Waals surface area contributed by atoms with Gasteiger partial charge >= 0.3 is 6.03 Å². The summed E-state index contributed by atoms with van der Waals surface area (Å²) in [4.78, 5) is 29.3. The number of likely N-dealkylation sites (tertiary alicyclic amines) is 2. The Kier molecular flexibility index (Phi) is 6.79. The van der Waals surface area contributed by atoms with E-state index >= 15 is 0 Å². The molecule has 3 amide bonds. The molecular weight excluding hydrogens is 449 g/mol. The highest BCUT2D eigenvalue weighted by Gasteiger charge is 2.61. The molecule has 192 valence electrons. The van der Waals surface area contributed by atoms with Crippen LogP contribution in [-0.2, 0) is 9.53 Å². The summed E-state index contributed by atoms with van der Waals surface area (Å²) < 4.78 is 19.8. The van der Waals surface area contributed by atoms with E-state index in [1.54, 1.807) is 37.1 Å². The van der Waals surface area contributed by atoms with Crippen molar-refractivity contribution < 1.29 is 23.8 Å². The van der Waals surface area contributed by atoms with Gasteiger partial charge < -0.3 is 25.0 Å². The third kappa shape index (κ3) is 4.33. The van der Waals surface area contributed by atoms with E-state index in [2.05, 4.69) is 5.32 Å². The fraction of sp³-hybridized carbons (Fsp3) is 0.704. The Balaban J connectivity index is 1.36. The minimum Gasteiger partial charge on any atom is -0.394 e. The monoisotopic (exact) mass is 487 g/mol. The lowest BCUT2D eigenvalue weighted by Gasteiger charge is -2.58. The number of amides is 3. The highest BCUT2D eigenvalue weighted by molar-refractivity contribution is 5.89. The van der Waals surface area contributed by atoms with Crippen molar-refractivity contribution in [2.75, 3.05) is 38.7 Å². The molecule has 2 N–H and O–H groups in total. The molecule has 1 aromatic rings. The van der Waals surface area contributed by atoms with Crippen molar-refractivity contribution >= 4 is 17.6 Å². The molecule has 8 heteroatoms. The molecule has 5 rings (SSSR count). The lowest BCUT2D eigenvalue weighted by Crippen LogP contribution is -2.63. The fourth-order valence-corrected chi connectivity index (χ4v) is 8.10. The van der Waals surface area contributed by atoms with Gasteiger partial charge in [-0.15, -0.1) is 0 Å². The highest BCUT2D eigenvalue weighted by Crippen LogP contribution is 2.62. The van der Waals surface area contributed by atoms with Crippen molar-refractivity contribution in [3.05, 3.63) is 30.1 Å². The van der Waals surface area contributed by atoms with Gasteiger partial charge in [-0.1, -0.05) is 12.1 Å². The van der Waals surface area contributed by atoms with Crippen LogP contribution in [0, 0.1) is 34.9 Å². The number of hydrogen-bond donors (Lipinski definition) is 2. The lowest BCUT2D eigenvalue weighted by atomic mass is 9.57. The number of methoxy groups -OCH3 is 1. The zero-order valence-corrected chi connectivity index (χ0v) is 20.8. The summed E-state index contributed by atoms with van der Waals surface area (Å²) in [7, 11) is 1.80. The summed E-state index contributed by atoms with van der Waals surface area (Å²) in [6, 6.07) is 5.81. The number of fused-ring (bicyclic) bond motifs is 4. The number of carbonyl (C=O) groups is 2. The zero-order valence-electron chi connectivity index (χ0n) is 20.8. The van der Waals surface area contributed by atoms with E-state index in [0.29, 0.717) is 43.5 Å². The number of hydrogen-bond acceptors (Lipinski definition) is 4. The van der Waals surface area contributed by atoms with Crippen LogP contribution in [0.1, 0.15) is 45.4 Å². The van der Waals surface area contributed by atoms with E-state index in [1.165, 1.54) is 6.07 Å². The molecule has 1 aromatic carbocycles. The van der Waals surface area contributed by atoms with Crippen LogP contribution >= 0.6 is 0 Å². The van der Waals surface area contributed by atoms with Crippen LogP contribution in [0.25, 0.3) is 0 Å². The number of ether oxygens (including phenoxy) is 1. The van der Waals surface area contributed by atoms with E-state index in [9.17, 15) is 19.1 Å². The molecule has 0 aromatic heterocycles. The molecule has 2 aliphatic heterocycles. The molecule has 4 fully saturated rings. The Labute approximate surface area is 207 Å². The Bertz CT molecular complexity index is 950. The first-order valence-electron chi connectivity index (χ1n) is 13.1. The maximum atomic E-state index is 14.0. The molecule has 35 heavy (non-hydrogen) atoms. The van der Waals surface area contributed by atoms with Gasteiger partial charge in [-0.05, 0) is 79.7 Å². The fourth-order valence-electron chi connectivity index (χ4n) is 8.10. The quantitative estimate of drug-likeness (QED) is 0.681. The van der Waals surface area contributed by atoms with Gasteiger partial charge in [0.05, 0.1) is 24.4 Å². The van der Waals surface area contributed by atoms with E-state index in [-0.39, 0.29) is 41.6 Å². The van der Waals surface area contributed by atoms with Crippen molar-refractivity contribution in [3.63, 3.8) is 0 Å². The Hall–Kier alpha value is -2.19. The number of rotatable bonds is 3. The maximum Gasteiger partial charge on any atom is 0.321 e. The Morgan fingerprint density at radius 1 is 1.17 bits per heavy atom. The second kappa shape index (κ2) is 9.69. The van der Waals surface area contributed by atoms with Crippen molar-refractivity contribution in [1.82, 2.24) is 9.80 Å². The maximum absolute atomic E-state index is 14.0. The van der Waals surface area contributed by atoms with Crippen molar-refractivity contribution in [1.29, 1.82) is 0 Å². The van der Waals surface area contributed by atoms with Gasteiger partial charge in [0.15, 0.2) is 0 Å². The van der Waals surface area contributed by atoms with Crippen molar-refractivity contribution in [3.8, 4) is 0 Å². The Morgan fingerprint density at radius 3 is 2.57 bits per heavy atom. The van der Waals surface area contributed by atoms with E-state index in [4.69, 9.17) is 4.74 Å². The number of aliphatic hydroxyl groups is 1. The largest absolute Gasteiger partial charge is 0.394 e. The number of para-hydroxylation sites is 1. The number of nitrogens with one attached hydrogen (secondary N) is 1. The van der Waals surface area contributed by atoms with Gasteiger partial charge in [-0.3, -0.25) is 4.79 Å². The minimum atomic E-state index is -0.444. The molecule has 7 nitrogen and oxygen atoms in total. The van der Waals surface area contributed by atoms with E-state index in [0.717, 1.165) is 38.5 Å². The molecule has 4 aliphatic rings. The Morgan fingerprint density at radius 2 is 1.91 bits per heavy atom. The average Bonchev–Trinajstić information content (AvgIpc) is 3.25.